The van der Waals surface area contributed by atoms with Crippen molar-refractivity contribution < 1.29 is 0 Å². The first-order chi connectivity index (χ1) is 9.09. The molecule has 0 radical (unpaired) electrons. The minimum atomic E-state index is 0.627. The third-order valence-corrected chi connectivity index (χ3v) is 4.13. The summed E-state index contributed by atoms with van der Waals surface area (Å²) < 4.78 is 4.32. The van der Waals surface area contributed by atoms with E-state index in [1.165, 1.54) is 18.0 Å². The fourth-order valence-electron chi connectivity index (χ4n) is 1.98. The Morgan fingerprint density at radius 3 is 2.58 bits per heavy atom. The second kappa shape index (κ2) is 6.06. The van der Waals surface area contributed by atoms with E-state index in [1.54, 1.807) is 0 Å². The summed E-state index contributed by atoms with van der Waals surface area (Å²) in [4.78, 5) is 2.26. The molecular formula is C15H21N3S. The van der Waals surface area contributed by atoms with Crippen LogP contribution in [0.25, 0.3) is 11.1 Å². The van der Waals surface area contributed by atoms with Crippen molar-refractivity contribution in [3.05, 3.63) is 30.3 Å². The third kappa shape index (κ3) is 3.26. The number of anilines is 2. The smallest absolute Gasteiger partial charge is 0.147 e. The van der Waals surface area contributed by atoms with Gasteiger partial charge in [0.1, 0.15) is 10.8 Å². The highest BCUT2D eigenvalue weighted by molar-refractivity contribution is 7.11. The van der Waals surface area contributed by atoms with Crippen LogP contribution >= 0.6 is 11.5 Å². The standard InChI is InChI=1S/C15H21N3S/c1-11(2)9-10-18(3)15-13(14(16)17-19-15)12-7-5-4-6-8-12/h4-8,11H,9-10H2,1-3H3,(H2,16,17). The molecule has 3 nitrogen and oxygen atoms in total. The molecule has 0 aliphatic carbocycles. The van der Waals surface area contributed by atoms with Crippen molar-refractivity contribution in [1.82, 2.24) is 4.37 Å². The molecule has 102 valence electrons. The first-order valence-electron chi connectivity index (χ1n) is 6.61. The molecule has 0 aliphatic rings. The predicted molar refractivity (Wildman–Crippen MR) is 84.7 cm³/mol. The maximum absolute atomic E-state index is 6.04. The maximum Gasteiger partial charge on any atom is 0.147 e. The van der Waals surface area contributed by atoms with Crippen molar-refractivity contribution >= 4 is 22.4 Å². The molecule has 1 aromatic heterocycles. The summed E-state index contributed by atoms with van der Waals surface area (Å²) >= 11 is 1.48. The van der Waals surface area contributed by atoms with Gasteiger partial charge in [0.25, 0.3) is 0 Å². The van der Waals surface area contributed by atoms with Crippen LogP contribution in [-0.2, 0) is 0 Å². The number of nitrogens with two attached hydrogens (primary N) is 1. The van der Waals surface area contributed by atoms with Crippen molar-refractivity contribution in [1.29, 1.82) is 0 Å². The van der Waals surface area contributed by atoms with Crippen molar-refractivity contribution in [2.24, 2.45) is 5.92 Å². The molecular weight excluding hydrogens is 254 g/mol. The molecule has 0 bridgehead atoms. The van der Waals surface area contributed by atoms with Gasteiger partial charge in [-0.1, -0.05) is 44.2 Å². The van der Waals surface area contributed by atoms with Crippen molar-refractivity contribution in [2.75, 3.05) is 24.2 Å². The van der Waals surface area contributed by atoms with Crippen LogP contribution in [0.15, 0.2) is 30.3 Å². The summed E-state index contributed by atoms with van der Waals surface area (Å²) in [6, 6.07) is 10.2. The molecule has 0 spiro atoms. The number of nitrogen functional groups attached to an aromatic ring is 1. The summed E-state index contributed by atoms with van der Waals surface area (Å²) in [5.41, 5.74) is 8.25. The molecule has 0 aliphatic heterocycles. The quantitative estimate of drug-likeness (QED) is 0.900. The van der Waals surface area contributed by atoms with Gasteiger partial charge in [-0.25, -0.2) is 0 Å². The molecule has 0 saturated heterocycles. The van der Waals surface area contributed by atoms with Crippen molar-refractivity contribution in [2.45, 2.75) is 20.3 Å². The summed E-state index contributed by atoms with van der Waals surface area (Å²) in [6.07, 6.45) is 1.17. The van der Waals surface area contributed by atoms with E-state index in [2.05, 4.69) is 42.3 Å². The van der Waals surface area contributed by atoms with Gasteiger partial charge in [-0.2, -0.15) is 4.37 Å². The monoisotopic (exact) mass is 275 g/mol. The maximum atomic E-state index is 6.04. The molecule has 0 atom stereocenters. The van der Waals surface area contributed by atoms with E-state index in [4.69, 9.17) is 5.73 Å². The molecule has 0 unspecified atom stereocenters. The Labute approximate surface area is 119 Å². The molecule has 19 heavy (non-hydrogen) atoms. The van der Waals surface area contributed by atoms with E-state index < -0.39 is 0 Å². The van der Waals surface area contributed by atoms with E-state index in [0.717, 1.165) is 22.7 Å². The normalized spacial score (nSPS) is 10.9. The average Bonchev–Trinajstić information content (AvgIpc) is 2.79. The van der Waals surface area contributed by atoms with Crippen LogP contribution in [0.1, 0.15) is 20.3 Å². The van der Waals surface area contributed by atoms with E-state index >= 15 is 0 Å². The van der Waals surface area contributed by atoms with Crippen LogP contribution in [0.3, 0.4) is 0 Å². The Hall–Kier alpha value is -1.55. The zero-order chi connectivity index (χ0) is 13.8. The first kappa shape index (κ1) is 13.9. The summed E-state index contributed by atoms with van der Waals surface area (Å²) in [7, 11) is 2.11. The second-order valence-electron chi connectivity index (χ2n) is 5.22. The lowest BCUT2D eigenvalue weighted by molar-refractivity contribution is 0.586. The van der Waals surface area contributed by atoms with Crippen LogP contribution in [0.5, 0.6) is 0 Å². The lowest BCUT2D eigenvalue weighted by Gasteiger charge is -2.19. The Balaban J connectivity index is 2.27. The molecule has 2 rings (SSSR count). The molecule has 4 heteroatoms. The summed E-state index contributed by atoms with van der Waals surface area (Å²) in [6.45, 7) is 5.51. The second-order valence-corrected chi connectivity index (χ2v) is 5.97. The molecule has 0 fully saturated rings. The molecule has 0 saturated carbocycles. The number of nitrogens with zero attached hydrogens (tertiary/aromatic N) is 2. The van der Waals surface area contributed by atoms with E-state index in [1.807, 2.05) is 18.2 Å². The number of hydrogen-bond acceptors (Lipinski definition) is 4. The van der Waals surface area contributed by atoms with Crippen LogP contribution in [0.2, 0.25) is 0 Å². The van der Waals surface area contributed by atoms with Gasteiger partial charge in [0.2, 0.25) is 0 Å². The molecule has 1 heterocycles. The Morgan fingerprint density at radius 1 is 1.26 bits per heavy atom. The highest BCUT2D eigenvalue weighted by Crippen LogP contribution is 2.38. The number of aromatic nitrogens is 1. The Morgan fingerprint density at radius 2 is 1.95 bits per heavy atom. The molecule has 2 aromatic rings. The minimum absolute atomic E-state index is 0.627. The van der Waals surface area contributed by atoms with Crippen LogP contribution < -0.4 is 10.6 Å². The topological polar surface area (TPSA) is 42.2 Å². The van der Waals surface area contributed by atoms with Gasteiger partial charge in [0.05, 0.1) is 5.56 Å². The van der Waals surface area contributed by atoms with Crippen LogP contribution in [0, 0.1) is 5.92 Å². The van der Waals surface area contributed by atoms with Gasteiger partial charge in [0, 0.05) is 13.6 Å². The van der Waals surface area contributed by atoms with Crippen LogP contribution in [0.4, 0.5) is 10.8 Å². The highest BCUT2D eigenvalue weighted by atomic mass is 32.1. The first-order valence-corrected chi connectivity index (χ1v) is 7.38. The Kier molecular flexibility index (Phi) is 4.43. The fourth-order valence-corrected chi connectivity index (χ4v) is 2.80. The van der Waals surface area contributed by atoms with Gasteiger partial charge < -0.3 is 10.6 Å². The Bertz CT molecular complexity index is 519. The van der Waals surface area contributed by atoms with E-state index in [-0.39, 0.29) is 0 Å². The predicted octanol–water partition coefficient (Wildman–Crippen LogP) is 3.87. The van der Waals surface area contributed by atoms with Gasteiger partial charge in [-0.05, 0) is 29.4 Å². The zero-order valence-electron chi connectivity index (χ0n) is 11.8. The van der Waals surface area contributed by atoms with Gasteiger partial charge in [-0.3, -0.25) is 0 Å². The summed E-state index contributed by atoms with van der Waals surface area (Å²) in [5.74, 6) is 1.33. The van der Waals surface area contributed by atoms with Gasteiger partial charge in [-0.15, -0.1) is 0 Å². The van der Waals surface area contributed by atoms with Gasteiger partial charge >= 0.3 is 0 Å². The lowest BCUT2D eigenvalue weighted by Crippen LogP contribution is -2.19. The van der Waals surface area contributed by atoms with Crippen molar-refractivity contribution in [3.63, 3.8) is 0 Å². The van der Waals surface area contributed by atoms with Crippen LogP contribution in [-0.4, -0.2) is 18.0 Å². The number of hydrogen-bond donors (Lipinski definition) is 1. The average molecular weight is 275 g/mol. The zero-order valence-corrected chi connectivity index (χ0v) is 12.6. The number of benzene rings is 1. The largest absolute Gasteiger partial charge is 0.382 e. The minimum Gasteiger partial charge on any atom is -0.382 e. The lowest BCUT2D eigenvalue weighted by atomic mass is 10.1. The number of rotatable bonds is 5. The molecule has 0 amide bonds. The third-order valence-electron chi connectivity index (χ3n) is 3.15. The summed E-state index contributed by atoms with van der Waals surface area (Å²) in [5, 5.41) is 1.16. The molecule has 2 N–H and O–H groups in total. The fraction of sp³-hybridized carbons (Fsp3) is 0.400. The van der Waals surface area contributed by atoms with E-state index in [0.29, 0.717) is 11.7 Å². The molecule has 1 aromatic carbocycles. The van der Waals surface area contributed by atoms with E-state index in [9.17, 15) is 0 Å². The van der Waals surface area contributed by atoms with Gasteiger partial charge in [0.15, 0.2) is 0 Å². The SMILES string of the molecule is CC(C)CCN(C)c1snc(N)c1-c1ccccc1. The van der Waals surface area contributed by atoms with Crippen molar-refractivity contribution in [3.8, 4) is 11.1 Å². The highest BCUT2D eigenvalue weighted by Gasteiger charge is 2.16.